The van der Waals surface area contributed by atoms with E-state index in [9.17, 15) is 22.8 Å². The third kappa shape index (κ3) is 4.41. The third-order valence-electron chi connectivity index (χ3n) is 4.35. The zero-order chi connectivity index (χ0) is 20.3. The molecule has 0 aliphatic rings. The molecule has 1 aromatic carbocycles. The number of rotatable bonds is 6. The van der Waals surface area contributed by atoms with E-state index in [1.165, 1.54) is 0 Å². The van der Waals surface area contributed by atoms with E-state index in [0.717, 1.165) is 27.5 Å². The highest BCUT2D eigenvalue weighted by atomic mass is 19.4. The number of hydrogen-bond acceptors (Lipinski definition) is 3. The minimum atomic E-state index is -4.57. The molecular weight excluding hydrogens is 373 g/mol. The molecule has 0 unspecified atom stereocenters. The number of aromatic nitrogens is 3. The van der Waals surface area contributed by atoms with Gasteiger partial charge in [-0.05, 0) is 31.5 Å². The van der Waals surface area contributed by atoms with E-state index in [0.29, 0.717) is 31.8 Å². The van der Waals surface area contributed by atoms with Crippen LogP contribution in [-0.4, -0.2) is 26.6 Å². The van der Waals surface area contributed by atoms with Crippen molar-refractivity contribution in [2.75, 3.05) is 6.54 Å². The fourth-order valence-electron chi connectivity index (χ4n) is 2.98. The molecule has 6 nitrogen and oxygen atoms in total. The van der Waals surface area contributed by atoms with Crippen molar-refractivity contribution >= 4 is 16.9 Å². The second-order valence-corrected chi connectivity index (χ2v) is 6.38. The van der Waals surface area contributed by atoms with Gasteiger partial charge in [-0.1, -0.05) is 12.1 Å². The van der Waals surface area contributed by atoms with Gasteiger partial charge in [0.2, 0.25) is 5.91 Å². The Bertz CT molecular complexity index is 1050. The van der Waals surface area contributed by atoms with Crippen LogP contribution < -0.4 is 10.9 Å². The van der Waals surface area contributed by atoms with Crippen LogP contribution in [0.3, 0.4) is 0 Å². The number of para-hydroxylation sites is 2. The monoisotopic (exact) mass is 392 g/mol. The molecule has 0 fully saturated rings. The Hall–Kier alpha value is -3.10. The predicted octanol–water partition coefficient (Wildman–Crippen LogP) is 2.73. The number of aryl methyl sites for hydroxylation is 2. The molecule has 0 saturated heterocycles. The van der Waals surface area contributed by atoms with E-state index in [2.05, 4.69) is 10.3 Å². The molecule has 0 saturated carbocycles. The zero-order valence-electron chi connectivity index (χ0n) is 15.2. The molecule has 1 amide bonds. The first-order valence-electron chi connectivity index (χ1n) is 8.72. The lowest BCUT2D eigenvalue weighted by molar-refractivity contribution is -0.138. The number of nitrogens with one attached hydrogen (secondary N) is 1. The maximum Gasteiger partial charge on any atom is 0.417 e. The minimum Gasteiger partial charge on any atom is -0.354 e. The summed E-state index contributed by atoms with van der Waals surface area (Å²) in [7, 11) is 0. The maximum atomic E-state index is 12.7. The van der Waals surface area contributed by atoms with Crippen molar-refractivity contribution in [3.05, 3.63) is 64.3 Å². The highest BCUT2D eigenvalue weighted by Gasteiger charge is 2.31. The van der Waals surface area contributed by atoms with Gasteiger partial charge in [-0.25, -0.2) is 4.98 Å². The van der Waals surface area contributed by atoms with Crippen molar-refractivity contribution in [3.8, 4) is 0 Å². The maximum absolute atomic E-state index is 12.7. The lowest BCUT2D eigenvalue weighted by Gasteiger charge is -2.11. The fourth-order valence-corrected chi connectivity index (χ4v) is 2.98. The topological polar surface area (TPSA) is 68.9 Å². The number of fused-ring (bicyclic) bond motifs is 1. The second kappa shape index (κ2) is 7.87. The summed E-state index contributed by atoms with van der Waals surface area (Å²) in [6, 6.07) is 9.24. The number of halogens is 3. The van der Waals surface area contributed by atoms with Gasteiger partial charge in [0, 0.05) is 25.4 Å². The zero-order valence-corrected chi connectivity index (χ0v) is 15.2. The number of amides is 1. The molecule has 148 valence electrons. The average Bonchev–Trinajstić information content (AvgIpc) is 2.95. The Balaban J connectivity index is 1.55. The molecule has 0 atom stereocenters. The van der Waals surface area contributed by atoms with Crippen LogP contribution in [0.25, 0.3) is 11.0 Å². The van der Waals surface area contributed by atoms with E-state index in [4.69, 9.17) is 0 Å². The normalized spacial score (nSPS) is 11.7. The first kappa shape index (κ1) is 19.7. The van der Waals surface area contributed by atoms with Crippen LogP contribution >= 0.6 is 0 Å². The Morgan fingerprint density at radius 2 is 1.93 bits per heavy atom. The van der Waals surface area contributed by atoms with Crippen LogP contribution in [0.4, 0.5) is 13.2 Å². The highest BCUT2D eigenvalue weighted by Crippen LogP contribution is 2.27. The van der Waals surface area contributed by atoms with Gasteiger partial charge in [-0.15, -0.1) is 0 Å². The number of hydrogen-bond donors (Lipinski definition) is 1. The molecule has 0 spiro atoms. The van der Waals surface area contributed by atoms with E-state index in [-0.39, 0.29) is 0 Å². The minimum absolute atomic E-state index is 0.332. The van der Waals surface area contributed by atoms with Gasteiger partial charge in [0.1, 0.15) is 12.4 Å². The van der Waals surface area contributed by atoms with Crippen LogP contribution in [0.2, 0.25) is 0 Å². The van der Waals surface area contributed by atoms with E-state index >= 15 is 0 Å². The Labute approximate surface area is 158 Å². The van der Waals surface area contributed by atoms with Gasteiger partial charge in [-0.2, -0.15) is 13.2 Å². The number of alkyl halides is 3. The molecule has 0 bridgehead atoms. The van der Waals surface area contributed by atoms with Crippen molar-refractivity contribution < 1.29 is 18.0 Å². The van der Waals surface area contributed by atoms with E-state index in [1.807, 2.05) is 35.8 Å². The van der Waals surface area contributed by atoms with Gasteiger partial charge < -0.3 is 14.5 Å². The summed E-state index contributed by atoms with van der Waals surface area (Å²) in [5.74, 6) is 0.344. The molecule has 3 rings (SSSR count). The standard InChI is InChI=1S/C19H19F3N4O2/c1-13-24-15-5-2-3-6-16(15)26(13)10-4-9-23-17(27)12-25-11-14(19(20,21)22)7-8-18(25)28/h2-3,5-8,11H,4,9-10,12H2,1H3,(H,23,27). The number of pyridine rings is 1. The van der Waals surface area contributed by atoms with E-state index < -0.39 is 29.8 Å². The summed E-state index contributed by atoms with van der Waals surface area (Å²) in [4.78, 5) is 28.1. The van der Waals surface area contributed by atoms with Crippen molar-refractivity contribution in [2.45, 2.75) is 32.6 Å². The quantitative estimate of drug-likeness (QED) is 0.656. The summed E-state index contributed by atoms with van der Waals surface area (Å²) < 4.78 is 41.0. The summed E-state index contributed by atoms with van der Waals surface area (Å²) in [5, 5.41) is 2.63. The molecule has 1 N–H and O–H groups in total. The average molecular weight is 392 g/mol. The fraction of sp³-hybridized carbons (Fsp3) is 0.316. The van der Waals surface area contributed by atoms with Gasteiger partial charge in [0.15, 0.2) is 0 Å². The Kier molecular flexibility index (Phi) is 5.53. The first-order chi connectivity index (χ1) is 13.3. The third-order valence-corrected chi connectivity index (χ3v) is 4.35. The summed E-state index contributed by atoms with van der Waals surface area (Å²) in [6.07, 6.45) is -3.30. The molecule has 0 aliphatic heterocycles. The SMILES string of the molecule is Cc1nc2ccccc2n1CCCNC(=O)Cn1cc(C(F)(F)F)ccc1=O. The van der Waals surface area contributed by atoms with Gasteiger partial charge in [0.25, 0.3) is 5.56 Å². The smallest absolute Gasteiger partial charge is 0.354 e. The first-order valence-corrected chi connectivity index (χ1v) is 8.72. The molecular formula is C19H19F3N4O2. The van der Waals surface area contributed by atoms with Crippen LogP contribution in [0.1, 0.15) is 17.8 Å². The molecule has 2 heterocycles. The second-order valence-electron chi connectivity index (χ2n) is 6.38. The van der Waals surface area contributed by atoms with E-state index in [1.54, 1.807) is 0 Å². The number of carbonyl (C=O) groups excluding carboxylic acids is 1. The van der Waals surface area contributed by atoms with Crippen molar-refractivity contribution in [2.24, 2.45) is 0 Å². The van der Waals surface area contributed by atoms with Gasteiger partial charge in [-0.3, -0.25) is 9.59 Å². The van der Waals surface area contributed by atoms with Crippen LogP contribution in [0, 0.1) is 6.92 Å². The molecule has 0 aliphatic carbocycles. The lowest BCUT2D eigenvalue weighted by Crippen LogP contribution is -2.33. The number of benzene rings is 1. The Morgan fingerprint density at radius 1 is 1.18 bits per heavy atom. The predicted molar refractivity (Wildman–Crippen MR) is 97.8 cm³/mol. The summed E-state index contributed by atoms with van der Waals surface area (Å²) in [5.41, 5.74) is 0.265. The Morgan fingerprint density at radius 3 is 2.68 bits per heavy atom. The summed E-state index contributed by atoms with van der Waals surface area (Å²) in [6.45, 7) is 2.41. The molecule has 0 radical (unpaired) electrons. The highest BCUT2D eigenvalue weighted by molar-refractivity contribution is 5.76. The molecule has 28 heavy (non-hydrogen) atoms. The largest absolute Gasteiger partial charge is 0.417 e. The van der Waals surface area contributed by atoms with Crippen molar-refractivity contribution in [1.82, 2.24) is 19.4 Å². The number of carbonyl (C=O) groups is 1. The van der Waals surface area contributed by atoms with Gasteiger partial charge >= 0.3 is 6.18 Å². The van der Waals surface area contributed by atoms with Gasteiger partial charge in [0.05, 0.1) is 16.6 Å². The van der Waals surface area contributed by atoms with Crippen LogP contribution in [0.5, 0.6) is 0 Å². The van der Waals surface area contributed by atoms with Crippen molar-refractivity contribution in [1.29, 1.82) is 0 Å². The van der Waals surface area contributed by atoms with Crippen molar-refractivity contribution in [3.63, 3.8) is 0 Å². The molecule has 9 heteroatoms. The number of nitrogens with zero attached hydrogens (tertiary/aromatic N) is 3. The molecule has 3 aromatic rings. The number of imidazole rings is 1. The van der Waals surface area contributed by atoms with Crippen LogP contribution in [-0.2, 0) is 24.1 Å². The lowest BCUT2D eigenvalue weighted by atomic mass is 10.2. The molecule has 2 aromatic heterocycles. The van der Waals surface area contributed by atoms with Crippen LogP contribution in [0.15, 0.2) is 47.4 Å². The summed E-state index contributed by atoms with van der Waals surface area (Å²) >= 11 is 0.